The molecule has 0 aliphatic rings. The number of aromatic nitrogens is 2. The minimum atomic E-state index is -3.32. The summed E-state index contributed by atoms with van der Waals surface area (Å²) in [7, 11) is -3.32. The third-order valence-electron chi connectivity index (χ3n) is 4.60. The number of rotatable bonds is 7. The van der Waals surface area contributed by atoms with Crippen molar-refractivity contribution in [3.63, 3.8) is 0 Å². The standard InChI is InChI=1S/C21H20FN5O3S/c1-31(29,30)17-10-4-14(5-11-17)21(28)25-12-2-3-19-18(13-23)20(24)27(26-19)16-8-6-15(22)7-9-16/h4-11H,2-3,12,24H2,1H3,(H,25,28). The molecule has 160 valence electrons. The van der Waals surface area contributed by atoms with Crippen LogP contribution in [0.1, 0.15) is 28.0 Å². The Bertz CT molecular complexity index is 1240. The second kappa shape index (κ2) is 8.97. The first-order chi connectivity index (χ1) is 14.7. The fourth-order valence-corrected chi connectivity index (χ4v) is 3.60. The molecule has 0 saturated heterocycles. The van der Waals surface area contributed by atoms with Gasteiger partial charge in [-0.2, -0.15) is 10.4 Å². The highest BCUT2D eigenvalue weighted by atomic mass is 32.2. The number of carbonyl (C=O) groups is 1. The molecule has 1 heterocycles. The lowest BCUT2D eigenvalue weighted by molar-refractivity contribution is 0.0953. The van der Waals surface area contributed by atoms with Crippen molar-refractivity contribution in [2.24, 2.45) is 0 Å². The van der Waals surface area contributed by atoms with Gasteiger partial charge in [0, 0.05) is 18.4 Å². The first-order valence-electron chi connectivity index (χ1n) is 9.32. The quantitative estimate of drug-likeness (QED) is 0.541. The Morgan fingerprint density at radius 2 is 1.84 bits per heavy atom. The Morgan fingerprint density at radius 3 is 2.42 bits per heavy atom. The number of amides is 1. The van der Waals surface area contributed by atoms with Crippen LogP contribution < -0.4 is 11.1 Å². The summed E-state index contributed by atoms with van der Waals surface area (Å²) in [6, 6.07) is 13.3. The Labute approximate surface area is 179 Å². The van der Waals surface area contributed by atoms with Crippen molar-refractivity contribution >= 4 is 21.6 Å². The largest absolute Gasteiger partial charge is 0.382 e. The van der Waals surface area contributed by atoms with Crippen LogP contribution in [0.5, 0.6) is 0 Å². The number of nitriles is 1. The summed E-state index contributed by atoms with van der Waals surface area (Å²) in [6.07, 6.45) is 2.00. The van der Waals surface area contributed by atoms with Crippen LogP contribution in [-0.4, -0.2) is 36.9 Å². The van der Waals surface area contributed by atoms with Gasteiger partial charge in [-0.05, 0) is 61.4 Å². The predicted octanol–water partition coefficient (Wildman–Crippen LogP) is 2.23. The number of anilines is 1. The van der Waals surface area contributed by atoms with E-state index in [1.54, 1.807) is 0 Å². The van der Waals surface area contributed by atoms with E-state index < -0.39 is 15.7 Å². The summed E-state index contributed by atoms with van der Waals surface area (Å²) in [5.74, 6) is -0.562. The van der Waals surface area contributed by atoms with Gasteiger partial charge in [-0.25, -0.2) is 17.5 Å². The normalized spacial score (nSPS) is 11.1. The molecule has 3 N–H and O–H groups in total. The topological polar surface area (TPSA) is 131 Å². The first-order valence-corrected chi connectivity index (χ1v) is 11.2. The molecule has 2 aromatic carbocycles. The summed E-state index contributed by atoms with van der Waals surface area (Å²) >= 11 is 0. The smallest absolute Gasteiger partial charge is 0.251 e. The van der Waals surface area contributed by atoms with E-state index in [0.717, 1.165) is 6.26 Å². The highest BCUT2D eigenvalue weighted by Gasteiger charge is 2.16. The van der Waals surface area contributed by atoms with Gasteiger partial charge in [-0.15, -0.1) is 0 Å². The zero-order valence-corrected chi connectivity index (χ0v) is 17.5. The van der Waals surface area contributed by atoms with Crippen molar-refractivity contribution < 1.29 is 17.6 Å². The maximum atomic E-state index is 13.1. The third kappa shape index (κ3) is 5.07. The van der Waals surface area contributed by atoms with Crippen molar-refractivity contribution in [2.75, 3.05) is 18.5 Å². The van der Waals surface area contributed by atoms with Gasteiger partial charge in [-0.3, -0.25) is 4.79 Å². The van der Waals surface area contributed by atoms with E-state index in [9.17, 15) is 22.9 Å². The number of halogens is 1. The van der Waals surface area contributed by atoms with Crippen LogP contribution in [0.15, 0.2) is 53.4 Å². The summed E-state index contributed by atoms with van der Waals surface area (Å²) in [4.78, 5) is 12.4. The van der Waals surface area contributed by atoms with Gasteiger partial charge in [0.25, 0.3) is 5.91 Å². The average Bonchev–Trinajstić information content (AvgIpc) is 3.06. The summed E-state index contributed by atoms with van der Waals surface area (Å²) in [5, 5.41) is 16.5. The van der Waals surface area contributed by atoms with Crippen LogP contribution in [0.25, 0.3) is 5.69 Å². The third-order valence-corrected chi connectivity index (χ3v) is 5.73. The number of hydrogen-bond donors (Lipinski definition) is 2. The number of nitrogens with zero attached hydrogens (tertiary/aromatic N) is 3. The fraction of sp³-hybridized carbons (Fsp3) is 0.190. The molecule has 0 atom stereocenters. The highest BCUT2D eigenvalue weighted by Crippen LogP contribution is 2.21. The summed E-state index contributed by atoms with van der Waals surface area (Å²) < 4.78 is 37.5. The van der Waals surface area contributed by atoms with Crippen LogP contribution in [0.2, 0.25) is 0 Å². The molecule has 1 aromatic heterocycles. The van der Waals surface area contributed by atoms with Crippen LogP contribution in [-0.2, 0) is 16.3 Å². The zero-order valence-electron chi connectivity index (χ0n) is 16.7. The van der Waals surface area contributed by atoms with Crippen LogP contribution in [0.3, 0.4) is 0 Å². The van der Waals surface area contributed by atoms with Crippen LogP contribution >= 0.6 is 0 Å². The molecule has 31 heavy (non-hydrogen) atoms. The number of carbonyl (C=O) groups excluding carboxylic acids is 1. The molecule has 3 rings (SSSR count). The van der Waals surface area contributed by atoms with Crippen molar-refractivity contribution in [2.45, 2.75) is 17.7 Å². The Balaban J connectivity index is 1.62. The van der Waals surface area contributed by atoms with Crippen molar-refractivity contribution in [1.29, 1.82) is 5.26 Å². The maximum Gasteiger partial charge on any atom is 0.251 e. The molecular weight excluding hydrogens is 421 g/mol. The lowest BCUT2D eigenvalue weighted by atomic mass is 10.1. The Morgan fingerprint density at radius 1 is 1.19 bits per heavy atom. The molecule has 0 radical (unpaired) electrons. The van der Waals surface area contributed by atoms with Gasteiger partial charge in [0.05, 0.1) is 16.3 Å². The van der Waals surface area contributed by atoms with E-state index in [1.165, 1.54) is 53.2 Å². The van der Waals surface area contributed by atoms with Gasteiger partial charge in [0.2, 0.25) is 0 Å². The first kappa shape index (κ1) is 22.0. The van der Waals surface area contributed by atoms with Gasteiger partial charge in [0.15, 0.2) is 9.84 Å². The van der Waals surface area contributed by atoms with E-state index in [2.05, 4.69) is 10.4 Å². The molecule has 3 aromatic rings. The molecule has 0 spiro atoms. The second-order valence-corrected chi connectivity index (χ2v) is 8.88. The Hall–Kier alpha value is -3.71. The molecule has 0 unspecified atom stereocenters. The predicted molar refractivity (Wildman–Crippen MR) is 113 cm³/mol. The number of nitrogen functional groups attached to an aromatic ring is 1. The number of benzene rings is 2. The molecule has 0 fully saturated rings. The van der Waals surface area contributed by atoms with E-state index >= 15 is 0 Å². The SMILES string of the molecule is CS(=O)(=O)c1ccc(C(=O)NCCCc2nn(-c3ccc(F)cc3)c(N)c2C#N)cc1. The molecule has 0 aliphatic heterocycles. The van der Waals surface area contributed by atoms with Gasteiger partial charge >= 0.3 is 0 Å². The second-order valence-electron chi connectivity index (χ2n) is 6.86. The minimum absolute atomic E-state index is 0.141. The highest BCUT2D eigenvalue weighted by molar-refractivity contribution is 7.90. The molecular formula is C21H20FN5O3S. The number of sulfone groups is 1. The summed E-state index contributed by atoms with van der Waals surface area (Å²) in [6.45, 7) is 0.320. The number of hydrogen-bond acceptors (Lipinski definition) is 6. The lowest BCUT2D eigenvalue weighted by Gasteiger charge is -2.05. The molecule has 0 bridgehead atoms. The number of nitrogens with two attached hydrogens (primary N) is 1. The zero-order chi connectivity index (χ0) is 22.6. The van der Waals surface area contributed by atoms with Gasteiger partial charge in [-0.1, -0.05) is 0 Å². The lowest BCUT2D eigenvalue weighted by Crippen LogP contribution is -2.24. The molecule has 8 nitrogen and oxygen atoms in total. The van der Waals surface area contributed by atoms with Crippen LogP contribution in [0, 0.1) is 17.1 Å². The molecule has 0 aliphatic carbocycles. The average molecular weight is 441 g/mol. The van der Waals surface area contributed by atoms with E-state index in [-0.39, 0.29) is 22.2 Å². The monoisotopic (exact) mass is 441 g/mol. The van der Waals surface area contributed by atoms with Gasteiger partial charge in [0.1, 0.15) is 23.3 Å². The molecule has 0 saturated carbocycles. The van der Waals surface area contributed by atoms with Crippen molar-refractivity contribution in [3.8, 4) is 11.8 Å². The maximum absolute atomic E-state index is 13.1. The van der Waals surface area contributed by atoms with E-state index in [1.807, 2.05) is 6.07 Å². The fourth-order valence-electron chi connectivity index (χ4n) is 2.97. The molecule has 10 heteroatoms. The molecule has 1 amide bonds. The Kier molecular flexibility index (Phi) is 6.36. The van der Waals surface area contributed by atoms with Crippen molar-refractivity contribution in [3.05, 3.63) is 71.2 Å². The number of aryl methyl sites for hydroxylation is 1. The number of nitrogens with one attached hydrogen (secondary N) is 1. The van der Waals surface area contributed by atoms with E-state index in [4.69, 9.17) is 5.73 Å². The van der Waals surface area contributed by atoms with Crippen molar-refractivity contribution in [1.82, 2.24) is 15.1 Å². The van der Waals surface area contributed by atoms with E-state index in [0.29, 0.717) is 36.3 Å². The minimum Gasteiger partial charge on any atom is -0.382 e. The van der Waals surface area contributed by atoms with Gasteiger partial charge < -0.3 is 11.1 Å². The summed E-state index contributed by atoms with van der Waals surface area (Å²) in [5.41, 5.74) is 7.63. The van der Waals surface area contributed by atoms with Crippen LogP contribution in [0.4, 0.5) is 10.2 Å².